The number of methoxy groups -OCH3 is 1. The van der Waals surface area contributed by atoms with Crippen molar-refractivity contribution in [2.24, 2.45) is 0 Å². The summed E-state index contributed by atoms with van der Waals surface area (Å²) < 4.78 is 32.6. The normalized spacial score (nSPS) is 14.7. The molecule has 3 rings (SSSR count). The standard InChI is InChI=1S/C16H20N4O3S/c1-12-9-14(5-6-15(12)23-2)24(21,22)19-13-10-17-16(18-11-13)20-7-3-4-8-20/h5-6,9-11,19H,3-4,7-8H2,1-2H3. The van der Waals surface area contributed by atoms with Gasteiger partial charge >= 0.3 is 0 Å². The van der Waals surface area contributed by atoms with Crippen molar-refractivity contribution in [2.45, 2.75) is 24.7 Å². The van der Waals surface area contributed by atoms with Crippen LogP contribution in [0.4, 0.5) is 11.6 Å². The Labute approximate surface area is 141 Å². The van der Waals surface area contributed by atoms with Gasteiger partial charge in [0.1, 0.15) is 5.75 Å². The van der Waals surface area contributed by atoms with E-state index in [1.807, 2.05) is 0 Å². The van der Waals surface area contributed by atoms with Crippen molar-refractivity contribution in [3.63, 3.8) is 0 Å². The molecule has 1 N–H and O–H groups in total. The third-order valence-electron chi connectivity index (χ3n) is 3.96. The van der Waals surface area contributed by atoms with Crippen LogP contribution in [-0.2, 0) is 10.0 Å². The maximum Gasteiger partial charge on any atom is 0.262 e. The van der Waals surface area contributed by atoms with E-state index < -0.39 is 10.0 Å². The maximum absolute atomic E-state index is 12.5. The Morgan fingerprint density at radius 3 is 2.42 bits per heavy atom. The lowest BCUT2D eigenvalue weighted by Crippen LogP contribution is -2.20. The van der Waals surface area contributed by atoms with E-state index in [2.05, 4.69) is 19.6 Å². The Kier molecular flexibility index (Phi) is 4.57. The third-order valence-corrected chi connectivity index (χ3v) is 5.33. The predicted octanol–water partition coefficient (Wildman–Crippen LogP) is 2.19. The van der Waals surface area contributed by atoms with Crippen LogP contribution in [-0.4, -0.2) is 38.6 Å². The average molecular weight is 348 g/mol. The number of aromatic nitrogens is 2. The Bertz CT molecular complexity index is 816. The minimum atomic E-state index is -3.69. The van der Waals surface area contributed by atoms with Gasteiger partial charge in [0.2, 0.25) is 5.95 Å². The van der Waals surface area contributed by atoms with Gasteiger partial charge in [-0.1, -0.05) is 0 Å². The molecule has 0 spiro atoms. The van der Waals surface area contributed by atoms with Crippen molar-refractivity contribution < 1.29 is 13.2 Å². The zero-order valence-corrected chi connectivity index (χ0v) is 14.5. The summed E-state index contributed by atoms with van der Waals surface area (Å²) >= 11 is 0. The number of hydrogen-bond donors (Lipinski definition) is 1. The molecule has 1 fully saturated rings. The summed E-state index contributed by atoms with van der Waals surface area (Å²) in [6.07, 6.45) is 5.26. The summed E-state index contributed by atoms with van der Waals surface area (Å²) in [7, 11) is -2.14. The molecule has 0 radical (unpaired) electrons. The number of sulfonamides is 1. The topological polar surface area (TPSA) is 84.4 Å². The van der Waals surface area contributed by atoms with Crippen LogP contribution in [0, 0.1) is 6.92 Å². The number of anilines is 2. The molecule has 0 saturated carbocycles. The van der Waals surface area contributed by atoms with Crippen LogP contribution in [0.3, 0.4) is 0 Å². The van der Waals surface area contributed by atoms with Gasteiger partial charge in [-0.15, -0.1) is 0 Å². The molecular weight excluding hydrogens is 328 g/mol. The van der Waals surface area contributed by atoms with Crippen LogP contribution in [0.15, 0.2) is 35.5 Å². The predicted molar refractivity (Wildman–Crippen MR) is 92.0 cm³/mol. The van der Waals surface area contributed by atoms with E-state index in [1.165, 1.54) is 18.5 Å². The van der Waals surface area contributed by atoms with Crippen LogP contribution < -0.4 is 14.4 Å². The second-order valence-corrected chi connectivity index (χ2v) is 7.39. The highest BCUT2D eigenvalue weighted by Crippen LogP contribution is 2.23. The van der Waals surface area contributed by atoms with Crippen molar-refractivity contribution in [2.75, 3.05) is 29.8 Å². The van der Waals surface area contributed by atoms with E-state index in [0.717, 1.165) is 31.5 Å². The molecule has 7 nitrogen and oxygen atoms in total. The molecule has 2 heterocycles. The Morgan fingerprint density at radius 2 is 1.83 bits per heavy atom. The van der Waals surface area contributed by atoms with Gasteiger partial charge in [-0.3, -0.25) is 4.72 Å². The van der Waals surface area contributed by atoms with Gasteiger partial charge in [-0.2, -0.15) is 0 Å². The van der Waals surface area contributed by atoms with Crippen LogP contribution in [0.2, 0.25) is 0 Å². The Morgan fingerprint density at radius 1 is 1.17 bits per heavy atom. The van der Waals surface area contributed by atoms with Gasteiger partial charge < -0.3 is 9.64 Å². The zero-order valence-electron chi connectivity index (χ0n) is 13.7. The molecule has 0 bridgehead atoms. The molecule has 1 aliphatic rings. The number of nitrogens with one attached hydrogen (secondary N) is 1. The summed E-state index contributed by atoms with van der Waals surface area (Å²) in [5, 5.41) is 0. The van der Waals surface area contributed by atoms with E-state index >= 15 is 0 Å². The quantitative estimate of drug-likeness (QED) is 0.892. The molecule has 0 aliphatic carbocycles. The smallest absolute Gasteiger partial charge is 0.262 e. The van der Waals surface area contributed by atoms with E-state index in [4.69, 9.17) is 4.74 Å². The summed E-state index contributed by atoms with van der Waals surface area (Å²) in [6.45, 7) is 3.68. The molecule has 1 aromatic carbocycles. The van der Waals surface area contributed by atoms with Crippen LogP contribution in [0.1, 0.15) is 18.4 Å². The lowest BCUT2D eigenvalue weighted by Gasteiger charge is -2.15. The van der Waals surface area contributed by atoms with Crippen LogP contribution in [0.5, 0.6) is 5.75 Å². The second-order valence-electron chi connectivity index (χ2n) is 5.70. The van der Waals surface area contributed by atoms with Crippen molar-refractivity contribution in [3.05, 3.63) is 36.2 Å². The highest BCUT2D eigenvalue weighted by molar-refractivity contribution is 7.92. The lowest BCUT2D eigenvalue weighted by molar-refractivity contribution is 0.411. The number of ether oxygens (including phenoxy) is 1. The molecule has 128 valence electrons. The summed E-state index contributed by atoms with van der Waals surface area (Å²) in [5.41, 5.74) is 1.09. The minimum Gasteiger partial charge on any atom is -0.496 e. The fourth-order valence-electron chi connectivity index (χ4n) is 2.69. The number of hydrogen-bond acceptors (Lipinski definition) is 6. The van der Waals surface area contributed by atoms with Gasteiger partial charge in [0.15, 0.2) is 0 Å². The molecule has 1 saturated heterocycles. The first-order valence-corrected chi connectivity index (χ1v) is 9.22. The van der Waals surface area contributed by atoms with Crippen molar-refractivity contribution in [1.82, 2.24) is 9.97 Å². The Hall–Kier alpha value is -2.35. The minimum absolute atomic E-state index is 0.171. The maximum atomic E-state index is 12.5. The van der Waals surface area contributed by atoms with Gasteiger partial charge in [0.05, 0.1) is 30.1 Å². The highest BCUT2D eigenvalue weighted by atomic mass is 32.2. The van der Waals surface area contributed by atoms with E-state index in [1.54, 1.807) is 26.2 Å². The molecule has 0 amide bonds. The number of nitrogens with zero attached hydrogens (tertiary/aromatic N) is 3. The first kappa shape index (κ1) is 16.5. The zero-order chi connectivity index (χ0) is 17.2. The average Bonchev–Trinajstić information content (AvgIpc) is 3.09. The lowest BCUT2D eigenvalue weighted by atomic mass is 10.2. The molecule has 24 heavy (non-hydrogen) atoms. The third kappa shape index (κ3) is 3.43. The molecule has 0 unspecified atom stereocenters. The summed E-state index contributed by atoms with van der Waals surface area (Å²) in [6, 6.07) is 4.71. The first-order valence-electron chi connectivity index (χ1n) is 7.74. The van der Waals surface area contributed by atoms with Crippen molar-refractivity contribution in [1.29, 1.82) is 0 Å². The molecule has 1 aliphatic heterocycles. The van der Waals surface area contributed by atoms with Crippen LogP contribution >= 0.6 is 0 Å². The van der Waals surface area contributed by atoms with Crippen molar-refractivity contribution >= 4 is 21.7 Å². The van der Waals surface area contributed by atoms with Crippen LogP contribution in [0.25, 0.3) is 0 Å². The van der Waals surface area contributed by atoms with Gasteiger partial charge in [-0.05, 0) is 43.5 Å². The van der Waals surface area contributed by atoms with E-state index in [-0.39, 0.29) is 4.90 Å². The number of benzene rings is 1. The summed E-state index contributed by atoms with van der Waals surface area (Å²) in [4.78, 5) is 10.8. The Balaban J connectivity index is 1.77. The molecule has 0 atom stereocenters. The largest absolute Gasteiger partial charge is 0.496 e. The second kappa shape index (κ2) is 6.64. The monoisotopic (exact) mass is 348 g/mol. The van der Waals surface area contributed by atoms with Crippen molar-refractivity contribution in [3.8, 4) is 5.75 Å². The summed E-state index contributed by atoms with van der Waals surface area (Å²) in [5.74, 6) is 1.28. The van der Waals surface area contributed by atoms with Gasteiger partial charge in [-0.25, -0.2) is 18.4 Å². The fraction of sp³-hybridized carbons (Fsp3) is 0.375. The van der Waals surface area contributed by atoms with E-state index in [0.29, 0.717) is 17.4 Å². The fourth-order valence-corrected chi connectivity index (χ4v) is 3.80. The number of rotatable bonds is 5. The first-order chi connectivity index (χ1) is 11.5. The molecule has 2 aromatic rings. The number of aryl methyl sites for hydroxylation is 1. The SMILES string of the molecule is COc1ccc(S(=O)(=O)Nc2cnc(N3CCCC3)nc2)cc1C. The molecule has 1 aromatic heterocycles. The highest BCUT2D eigenvalue weighted by Gasteiger charge is 2.18. The molecule has 8 heteroatoms. The van der Waals surface area contributed by atoms with E-state index in [9.17, 15) is 8.42 Å². The van der Waals surface area contributed by atoms with Gasteiger partial charge in [0, 0.05) is 13.1 Å². The van der Waals surface area contributed by atoms with Gasteiger partial charge in [0.25, 0.3) is 10.0 Å². The molecular formula is C16H20N4O3S.